The summed E-state index contributed by atoms with van der Waals surface area (Å²) in [5.41, 5.74) is 12.4. The number of hydrogen-bond donors (Lipinski definition) is 7. The minimum absolute atomic E-state index is 0.00181. The normalized spacial score (nSPS) is 17.7. The number of rotatable bonds is 17. The highest BCUT2D eigenvalue weighted by atomic mass is 16.4. The third kappa shape index (κ3) is 10.7. The second-order valence-corrected chi connectivity index (χ2v) is 11.1. The molecule has 0 radical (unpaired) electrons. The zero-order valence-electron chi connectivity index (χ0n) is 24.5. The summed E-state index contributed by atoms with van der Waals surface area (Å²) >= 11 is 0. The molecule has 1 aromatic carbocycles. The Labute approximate surface area is 246 Å². The standard InChI is InChI=1S/C29H46N6O7/c1-18(2)15-22(28(40)35-14-8-12-24(35)27(39)34-23(17-36)29(41)42)33-26(38)21(16-19-9-4-3-5-10-19)32-25(37)20(31)11-6-7-13-30/h3-5,9-10,18,20-24,36H,6-8,11-17,30-31H2,1-2H3,(H,32,37)(H,33,38)(H,34,39)(H,41,42)/t20-,21-,22-,23-,24-/m0/s1. The fourth-order valence-corrected chi connectivity index (χ4v) is 4.90. The summed E-state index contributed by atoms with van der Waals surface area (Å²) < 4.78 is 0. The fourth-order valence-electron chi connectivity index (χ4n) is 4.90. The topological polar surface area (TPSA) is 217 Å². The summed E-state index contributed by atoms with van der Waals surface area (Å²) in [5, 5.41) is 26.3. The van der Waals surface area contributed by atoms with Gasteiger partial charge in [0.1, 0.15) is 24.2 Å². The Morgan fingerprint density at radius 2 is 1.64 bits per heavy atom. The number of likely N-dealkylation sites (tertiary alicyclic amines) is 1. The molecule has 1 aliphatic rings. The quantitative estimate of drug-likeness (QED) is 0.113. The number of carbonyl (C=O) groups is 5. The molecule has 13 heteroatoms. The number of hydrogen-bond acceptors (Lipinski definition) is 8. The maximum Gasteiger partial charge on any atom is 0.328 e. The summed E-state index contributed by atoms with van der Waals surface area (Å²) in [6.07, 6.45) is 3.07. The van der Waals surface area contributed by atoms with Crippen LogP contribution in [0, 0.1) is 5.92 Å². The number of aliphatic carboxylic acids is 1. The Bertz CT molecular complexity index is 1050. The van der Waals surface area contributed by atoms with E-state index in [9.17, 15) is 34.2 Å². The van der Waals surface area contributed by atoms with E-state index < -0.39 is 66.4 Å². The average Bonchev–Trinajstić information content (AvgIpc) is 3.45. The lowest BCUT2D eigenvalue weighted by atomic mass is 10.00. The monoisotopic (exact) mass is 590 g/mol. The molecule has 1 aromatic rings. The van der Waals surface area contributed by atoms with Gasteiger partial charge in [-0.25, -0.2) is 4.79 Å². The van der Waals surface area contributed by atoms with Crippen molar-refractivity contribution in [2.45, 2.75) is 89.0 Å². The molecule has 9 N–H and O–H groups in total. The first kappa shape index (κ1) is 34.7. The number of carboxylic acids is 1. The van der Waals surface area contributed by atoms with E-state index in [1.807, 2.05) is 44.2 Å². The SMILES string of the molecule is CC(C)C[C@H](NC(=O)[C@H](Cc1ccccc1)NC(=O)[C@@H](N)CCCCN)C(=O)N1CCC[C@H]1C(=O)N[C@@H](CO)C(=O)O. The van der Waals surface area contributed by atoms with Crippen LogP contribution >= 0.6 is 0 Å². The maximum absolute atomic E-state index is 13.7. The van der Waals surface area contributed by atoms with Crippen molar-refractivity contribution in [2.75, 3.05) is 19.7 Å². The highest BCUT2D eigenvalue weighted by molar-refractivity contribution is 5.95. The predicted octanol–water partition coefficient (Wildman–Crippen LogP) is -0.746. The van der Waals surface area contributed by atoms with E-state index in [4.69, 9.17) is 11.5 Å². The highest BCUT2D eigenvalue weighted by Gasteiger charge is 2.39. The van der Waals surface area contributed by atoms with Crippen LogP contribution in [0.15, 0.2) is 30.3 Å². The molecule has 42 heavy (non-hydrogen) atoms. The summed E-state index contributed by atoms with van der Waals surface area (Å²) in [7, 11) is 0. The Morgan fingerprint density at radius 1 is 0.976 bits per heavy atom. The van der Waals surface area contributed by atoms with Gasteiger partial charge in [0, 0.05) is 13.0 Å². The van der Waals surface area contributed by atoms with Crippen LogP contribution < -0.4 is 27.4 Å². The Morgan fingerprint density at radius 3 is 2.24 bits per heavy atom. The Balaban J connectivity index is 2.23. The van der Waals surface area contributed by atoms with Crippen molar-refractivity contribution in [3.63, 3.8) is 0 Å². The number of amides is 4. The molecule has 1 saturated heterocycles. The molecule has 5 atom stereocenters. The molecule has 0 aromatic heterocycles. The molecule has 1 aliphatic heterocycles. The van der Waals surface area contributed by atoms with Crippen molar-refractivity contribution < 1.29 is 34.2 Å². The van der Waals surface area contributed by atoms with Crippen molar-refractivity contribution in [1.82, 2.24) is 20.9 Å². The lowest BCUT2D eigenvalue weighted by molar-refractivity contribution is -0.145. The first-order valence-corrected chi connectivity index (χ1v) is 14.5. The molecule has 2 rings (SSSR count). The molecule has 0 bridgehead atoms. The van der Waals surface area contributed by atoms with Gasteiger partial charge in [0.15, 0.2) is 0 Å². The maximum atomic E-state index is 13.7. The fraction of sp³-hybridized carbons (Fsp3) is 0.621. The number of unbranched alkanes of at least 4 members (excludes halogenated alkanes) is 1. The van der Waals surface area contributed by atoms with Crippen molar-refractivity contribution in [2.24, 2.45) is 17.4 Å². The van der Waals surface area contributed by atoms with Gasteiger partial charge in [-0.15, -0.1) is 0 Å². The van der Waals surface area contributed by atoms with Gasteiger partial charge in [-0.05, 0) is 50.1 Å². The lowest BCUT2D eigenvalue weighted by Gasteiger charge is -2.31. The number of nitrogens with one attached hydrogen (secondary N) is 3. The van der Waals surface area contributed by atoms with Gasteiger partial charge in [-0.3, -0.25) is 19.2 Å². The third-order valence-electron chi connectivity index (χ3n) is 7.18. The zero-order valence-corrected chi connectivity index (χ0v) is 24.5. The third-order valence-corrected chi connectivity index (χ3v) is 7.18. The van der Waals surface area contributed by atoms with Crippen LogP contribution in [0.2, 0.25) is 0 Å². The van der Waals surface area contributed by atoms with Gasteiger partial charge in [0.25, 0.3) is 0 Å². The van der Waals surface area contributed by atoms with Gasteiger partial charge in [-0.2, -0.15) is 0 Å². The van der Waals surface area contributed by atoms with Crippen LogP contribution in [0.1, 0.15) is 57.9 Å². The van der Waals surface area contributed by atoms with E-state index in [-0.39, 0.29) is 25.3 Å². The van der Waals surface area contributed by atoms with Gasteiger partial charge in [-0.1, -0.05) is 50.6 Å². The molecule has 234 valence electrons. The minimum Gasteiger partial charge on any atom is -0.480 e. The van der Waals surface area contributed by atoms with Gasteiger partial charge < -0.3 is 42.5 Å². The van der Waals surface area contributed by atoms with Crippen LogP contribution in [0.25, 0.3) is 0 Å². The number of nitrogens with zero attached hydrogens (tertiary/aromatic N) is 1. The molecule has 0 saturated carbocycles. The minimum atomic E-state index is -1.50. The molecule has 1 heterocycles. The van der Waals surface area contributed by atoms with Gasteiger partial charge in [0.05, 0.1) is 12.6 Å². The Hall–Kier alpha value is -3.55. The molecule has 0 aliphatic carbocycles. The van der Waals surface area contributed by atoms with Crippen molar-refractivity contribution >= 4 is 29.6 Å². The molecular weight excluding hydrogens is 544 g/mol. The van der Waals surface area contributed by atoms with Crippen LogP contribution in [0.4, 0.5) is 0 Å². The van der Waals surface area contributed by atoms with E-state index in [1.165, 1.54) is 4.90 Å². The lowest BCUT2D eigenvalue weighted by Crippen LogP contribution is -2.59. The molecule has 4 amide bonds. The van der Waals surface area contributed by atoms with E-state index >= 15 is 0 Å². The summed E-state index contributed by atoms with van der Waals surface area (Å²) in [5.74, 6) is -3.60. The predicted molar refractivity (Wildman–Crippen MR) is 156 cm³/mol. The van der Waals surface area contributed by atoms with Crippen LogP contribution in [0.3, 0.4) is 0 Å². The summed E-state index contributed by atoms with van der Waals surface area (Å²) in [4.78, 5) is 65.7. The molecule has 0 spiro atoms. The smallest absolute Gasteiger partial charge is 0.328 e. The zero-order chi connectivity index (χ0) is 31.2. The number of carboxylic acid groups (broad SMARTS) is 1. The largest absolute Gasteiger partial charge is 0.480 e. The molecular formula is C29H46N6O7. The summed E-state index contributed by atoms with van der Waals surface area (Å²) in [6, 6.07) is 3.86. The van der Waals surface area contributed by atoms with E-state index in [2.05, 4.69) is 16.0 Å². The molecule has 13 nitrogen and oxygen atoms in total. The first-order chi connectivity index (χ1) is 20.0. The number of aliphatic hydroxyl groups excluding tert-OH is 1. The van der Waals surface area contributed by atoms with Crippen molar-refractivity contribution in [3.05, 3.63) is 35.9 Å². The summed E-state index contributed by atoms with van der Waals surface area (Å²) in [6.45, 7) is 3.73. The number of aliphatic hydroxyl groups is 1. The second kappa shape index (κ2) is 17.4. The van der Waals surface area contributed by atoms with Crippen LogP contribution in [-0.4, -0.2) is 94.6 Å². The number of benzene rings is 1. The Kier molecular flexibility index (Phi) is 14.4. The van der Waals surface area contributed by atoms with Gasteiger partial charge >= 0.3 is 5.97 Å². The first-order valence-electron chi connectivity index (χ1n) is 14.5. The van der Waals surface area contributed by atoms with Gasteiger partial charge in [0.2, 0.25) is 23.6 Å². The highest BCUT2D eigenvalue weighted by Crippen LogP contribution is 2.21. The average molecular weight is 591 g/mol. The van der Waals surface area contributed by atoms with Crippen LogP contribution in [-0.2, 0) is 30.4 Å². The second-order valence-electron chi connectivity index (χ2n) is 11.1. The van der Waals surface area contributed by atoms with E-state index in [0.29, 0.717) is 32.2 Å². The molecule has 1 fully saturated rings. The number of carbonyl (C=O) groups excluding carboxylic acids is 4. The number of nitrogens with two attached hydrogens (primary N) is 2. The van der Waals surface area contributed by atoms with E-state index in [0.717, 1.165) is 12.0 Å². The van der Waals surface area contributed by atoms with E-state index in [1.54, 1.807) is 0 Å². The van der Waals surface area contributed by atoms with Crippen molar-refractivity contribution in [1.29, 1.82) is 0 Å². The van der Waals surface area contributed by atoms with Crippen LogP contribution in [0.5, 0.6) is 0 Å². The van der Waals surface area contributed by atoms with Crippen molar-refractivity contribution in [3.8, 4) is 0 Å². The molecule has 0 unspecified atom stereocenters.